The predicted molar refractivity (Wildman–Crippen MR) is 136 cm³/mol. The van der Waals surface area contributed by atoms with Gasteiger partial charge in [-0.1, -0.05) is 48.6 Å². The van der Waals surface area contributed by atoms with E-state index in [2.05, 4.69) is 39.5 Å². The number of nitrogens with one attached hydrogen (secondary N) is 1. The number of rotatable bonds is 6. The van der Waals surface area contributed by atoms with Crippen molar-refractivity contribution in [2.75, 3.05) is 12.4 Å². The first-order valence-corrected chi connectivity index (χ1v) is 12.1. The highest BCUT2D eigenvalue weighted by atomic mass is 79.9. The van der Waals surface area contributed by atoms with Crippen molar-refractivity contribution in [1.82, 2.24) is 0 Å². The van der Waals surface area contributed by atoms with Crippen LogP contribution in [0.3, 0.4) is 0 Å². The molecule has 1 aliphatic carbocycles. The molecule has 0 bridgehead atoms. The van der Waals surface area contributed by atoms with Crippen molar-refractivity contribution in [1.29, 1.82) is 0 Å². The summed E-state index contributed by atoms with van der Waals surface area (Å²) in [4.78, 5) is 12.0. The van der Waals surface area contributed by atoms with E-state index in [9.17, 15) is 9.90 Å². The van der Waals surface area contributed by atoms with Crippen LogP contribution in [0.15, 0.2) is 71.2 Å². The van der Waals surface area contributed by atoms with Gasteiger partial charge in [0.2, 0.25) is 0 Å². The predicted octanol–water partition coefficient (Wildman–Crippen LogP) is 6.87. The molecule has 0 spiro atoms. The van der Waals surface area contributed by atoms with Gasteiger partial charge in [0, 0.05) is 11.6 Å². The van der Waals surface area contributed by atoms with Crippen LogP contribution in [-0.4, -0.2) is 18.2 Å². The molecule has 0 aromatic heterocycles. The summed E-state index contributed by atoms with van der Waals surface area (Å²) in [5.74, 6) is 0.689. The number of hydrogen-bond acceptors (Lipinski definition) is 4. The van der Waals surface area contributed by atoms with Crippen molar-refractivity contribution in [3.63, 3.8) is 0 Å². The van der Waals surface area contributed by atoms with E-state index in [1.165, 1.54) is 0 Å². The Kier molecular flexibility index (Phi) is 6.09. The number of carboxylic acid groups (broad SMARTS) is 1. The molecular weight excluding hydrogens is 494 g/mol. The molecule has 174 valence electrons. The summed E-state index contributed by atoms with van der Waals surface area (Å²) in [5.41, 5.74) is 5.36. The Labute approximate surface area is 207 Å². The zero-order chi connectivity index (χ0) is 23.8. The molecule has 1 aliphatic heterocycles. The van der Waals surface area contributed by atoms with Crippen molar-refractivity contribution in [2.45, 2.75) is 31.9 Å². The molecule has 0 saturated carbocycles. The second-order valence-electron chi connectivity index (χ2n) is 8.81. The summed E-state index contributed by atoms with van der Waals surface area (Å²) in [5, 5.41) is 13.5. The topological polar surface area (TPSA) is 67.8 Å². The number of hydrogen-bond donors (Lipinski definition) is 2. The first-order valence-electron chi connectivity index (χ1n) is 11.3. The number of benzene rings is 3. The highest BCUT2D eigenvalue weighted by Gasteiger charge is 2.41. The number of carboxylic acids is 1. The molecule has 1 heterocycles. The van der Waals surface area contributed by atoms with Gasteiger partial charge in [0.15, 0.2) is 11.5 Å². The van der Waals surface area contributed by atoms with E-state index in [0.29, 0.717) is 23.7 Å². The monoisotopic (exact) mass is 519 g/mol. The molecule has 0 amide bonds. The Balaban J connectivity index is 1.51. The summed E-state index contributed by atoms with van der Waals surface area (Å²) >= 11 is 3.70. The van der Waals surface area contributed by atoms with Gasteiger partial charge < -0.3 is 19.9 Å². The number of aryl methyl sites for hydroxylation is 1. The van der Waals surface area contributed by atoms with Crippen LogP contribution in [0.1, 0.15) is 51.0 Å². The molecule has 0 radical (unpaired) electrons. The fraction of sp³-hybridized carbons (Fsp3) is 0.250. The van der Waals surface area contributed by atoms with Gasteiger partial charge in [0.05, 0.1) is 23.2 Å². The molecule has 0 fully saturated rings. The lowest BCUT2D eigenvalue weighted by Crippen LogP contribution is -2.31. The molecule has 3 aromatic carbocycles. The molecule has 0 saturated heterocycles. The summed E-state index contributed by atoms with van der Waals surface area (Å²) in [7, 11) is 1.65. The Hall–Kier alpha value is -3.25. The quantitative estimate of drug-likeness (QED) is 0.347. The third-order valence-electron chi connectivity index (χ3n) is 6.80. The Morgan fingerprint density at radius 2 is 1.97 bits per heavy atom. The molecular formula is C28H26BrNO4. The second-order valence-corrected chi connectivity index (χ2v) is 9.66. The van der Waals surface area contributed by atoms with Crippen LogP contribution >= 0.6 is 15.9 Å². The van der Waals surface area contributed by atoms with Crippen LogP contribution in [0.2, 0.25) is 0 Å². The minimum atomic E-state index is -0.889. The largest absolute Gasteiger partial charge is 0.493 e. The Bertz CT molecular complexity index is 1270. The van der Waals surface area contributed by atoms with Crippen molar-refractivity contribution < 1.29 is 19.4 Å². The summed E-state index contributed by atoms with van der Waals surface area (Å²) in [6.45, 7) is 2.46. The summed E-state index contributed by atoms with van der Waals surface area (Å²) in [6, 6.07) is 17.7. The van der Waals surface area contributed by atoms with Crippen LogP contribution < -0.4 is 14.8 Å². The molecule has 2 N–H and O–H groups in total. The normalized spacial score (nSPS) is 20.3. The van der Waals surface area contributed by atoms with Crippen LogP contribution in [0.5, 0.6) is 11.5 Å². The van der Waals surface area contributed by atoms with E-state index in [1.54, 1.807) is 13.2 Å². The third kappa shape index (κ3) is 3.96. The smallest absolute Gasteiger partial charge is 0.336 e. The first-order chi connectivity index (χ1) is 16.5. The molecule has 2 aliphatic rings. The van der Waals surface area contributed by atoms with Crippen LogP contribution in [0.25, 0.3) is 0 Å². The number of carbonyl (C=O) groups is 1. The van der Waals surface area contributed by atoms with E-state index in [0.717, 1.165) is 38.8 Å². The fourth-order valence-electron chi connectivity index (χ4n) is 5.16. The van der Waals surface area contributed by atoms with Crippen LogP contribution in [0, 0.1) is 12.8 Å². The number of fused-ring (bicyclic) bond motifs is 3. The van der Waals surface area contributed by atoms with Gasteiger partial charge in [-0.25, -0.2) is 4.79 Å². The molecule has 34 heavy (non-hydrogen) atoms. The minimum Gasteiger partial charge on any atom is -0.493 e. The maximum absolute atomic E-state index is 12.0. The number of allylic oxidation sites excluding steroid dienone is 2. The Morgan fingerprint density at radius 3 is 2.71 bits per heavy atom. The highest BCUT2D eigenvalue weighted by molar-refractivity contribution is 9.10. The third-order valence-corrected chi connectivity index (χ3v) is 7.38. The van der Waals surface area contributed by atoms with Crippen LogP contribution in [-0.2, 0) is 6.61 Å². The molecule has 3 aromatic rings. The molecule has 3 atom stereocenters. The van der Waals surface area contributed by atoms with Gasteiger partial charge in [-0.2, -0.15) is 0 Å². The van der Waals surface area contributed by atoms with E-state index in [4.69, 9.17) is 9.47 Å². The van der Waals surface area contributed by atoms with Crippen LogP contribution in [0.4, 0.5) is 5.69 Å². The summed E-state index contributed by atoms with van der Waals surface area (Å²) < 4.78 is 12.7. The van der Waals surface area contributed by atoms with Gasteiger partial charge in [-0.05, 0) is 75.6 Å². The van der Waals surface area contributed by atoms with Gasteiger partial charge in [0.25, 0.3) is 0 Å². The lowest BCUT2D eigenvalue weighted by atomic mass is 9.74. The maximum atomic E-state index is 12.0. The van der Waals surface area contributed by atoms with Gasteiger partial charge in [0.1, 0.15) is 6.61 Å². The second kappa shape index (κ2) is 9.18. The number of anilines is 1. The average Bonchev–Trinajstić information content (AvgIpc) is 3.33. The van der Waals surface area contributed by atoms with Crippen molar-refractivity contribution >= 4 is 27.6 Å². The molecule has 0 unspecified atom stereocenters. The molecule has 5 rings (SSSR count). The van der Waals surface area contributed by atoms with Crippen molar-refractivity contribution in [3.8, 4) is 11.5 Å². The number of aromatic carboxylic acids is 1. The first kappa shape index (κ1) is 22.5. The highest BCUT2D eigenvalue weighted by Crippen LogP contribution is 2.53. The minimum absolute atomic E-state index is 0.00335. The standard InChI is InChI=1S/C28H26BrNO4/c1-16-11-12-21(28(31)32)24-19-9-6-10-20(19)26(30-25(16)24)18-13-22(29)27(23(14-18)33-2)34-15-17-7-4-3-5-8-17/h3-9,11-14,19-20,26,30H,10,15H2,1-2H3,(H,31,32)/t19-,20+,26-/m0/s1. The van der Waals surface area contributed by atoms with Gasteiger partial charge in [-0.15, -0.1) is 0 Å². The SMILES string of the molecule is COc1cc([C@@H]2Nc3c(C)ccc(C(=O)O)c3[C@H]3C=CC[C@H]32)cc(Br)c1OCc1ccccc1. The fourth-order valence-corrected chi connectivity index (χ4v) is 5.73. The van der Waals surface area contributed by atoms with Gasteiger partial charge in [-0.3, -0.25) is 0 Å². The zero-order valence-corrected chi connectivity index (χ0v) is 20.6. The average molecular weight is 520 g/mol. The lowest BCUT2D eigenvalue weighted by Gasteiger charge is -2.39. The number of ether oxygens (including phenoxy) is 2. The summed E-state index contributed by atoms with van der Waals surface area (Å²) in [6.07, 6.45) is 5.20. The molecule has 5 nitrogen and oxygen atoms in total. The molecule has 6 heteroatoms. The number of methoxy groups -OCH3 is 1. The van der Waals surface area contributed by atoms with Crippen molar-refractivity contribution in [3.05, 3.63) is 99.0 Å². The Morgan fingerprint density at radius 1 is 1.18 bits per heavy atom. The van der Waals surface area contributed by atoms with E-state index in [1.807, 2.05) is 49.4 Å². The van der Waals surface area contributed by atoms with Crippen molar-refractivity contribution in [2.24, 2.45) is 5.92 Å². The van der Waals surface area contributed by atoms with E-state index in [-0.39, 0.29) is 17.9 Å². The number of halogens is 1. The van der Waals surface area contributed by atoms with Gasteiger partial charge >= 0.3 is 5.97 Å². The maximum Gasteiger partial charge on any atom is 0.336 e. The lowest BCUT2D eigenvalue weighted by molar-refractivity contribution is 0.0695. The zero-order valence-electron chi connectivity index (χ0n) is 19.0. The van der Waals surface area contributed by atoms with E-state index < -0.39 is 5.97 Å². The van der Waals surface area contributed by atoms with E-state index >= 15 is 0 Å².